The molecule has 1 N–H and O–H groups in total. The minimum atomic E-state index is -3.81. The molecule has 0 saturated heterocycles. The van der Waals surface area contributed by atoms with E-state index in [0.29, 0.717) is 28.7 Å². The number of nitrogens with zero attached hydrogens (tertiary/aromatic N) is 1. The lowest BCUT2D eigenvalue weighted by atomic mass is 9.95. The van der Waals surface area contributed by atoms with Gasteiger partial charge in [0.15, 0.2) is 11.5 Å². The molecule has 166 valence electrons. The van der Waals surface area contributed by atoms with Gasteiger partial charge in [-0.15, -0.1) is 0 Å². The number of benzene rings is 2. The second-order valence-corrected chi connectivity index (χ2v) is 10.3. The van der Waals surface area contributed by atoms with E-state index in [0.717, 1.165) is 12.3 Å². The third-order valence-corrected chi connectivity index (χ3v) is 8.34. The Balaban J connectivity index is 1.48. The molecular weight excluding hydrogens is 416 g/mol. The van der Waals surface area contributed by atoms with Crippen LogP contribution in [0.2, 0.25) is 0 Å². The summed E-state index contributed by atoms with van der Waals surface area (Å²) in [5.41, 5.74) is 0.995. The summed E-state index contributed by atoms with van der Waals surface area (Å²) < 4.78 is 37.7. The van der Waals surface area contributed by atoms with Crippen molar-refractivity contribution in [2.24, 2.45) is 11.8 Å². The predicted molar refractivity (Wildman–Crippen MR) is 118 cm³/mol. The van der Waals surface area contributed by atoms with E-state index >= 15 is 0 Å². The number of hydrogen-bond acceptors (Lipinski definition) is 5. The van der Waals surface area contributed by atoms with Gasteiger partial charge in [-0.2, -0.15) is 0 Å². The predicted octanol–water partition coefficient (Wildman–Crippen LogP) is 3.45. The quantitative estimate of drug-likeness (QED) is 0.707. The molecule has 0 aromatic heterocycles. The van der Waals surface area contributed by atoms with Gasteiger partial charge < -0.3 is 14.8 Å². The van der Waals surface area contributed by atoms with Gasteiger partial charge in [-0.25, -0.2) is 8.42 Å². The van der Waals surface area contributed by atoms with E-state index in [1.54, 1.807) is 30.3 Å². The highest BCUT2D eigenvalue weighted by atomic mass is 32.2. The fourth-order valence-electron chi connectivity index (χ4n) is 4.77. The number of rotatable bonds is 7. The number of carbonyl (C=O) groups is 1. The van der Waals surface area contributed by atoms with E-state index in [1.165, 1.54) is 57.0 Å². The van der Waals surface area contributed by atoms with Crippen molar-refractivity contribution < 1.29 is 22.7 Å². The molecule has 7 nitrogen and oxygen atoms in total. The first-order chi connectivity index (χ1) is 14.8. The smallest absolute Gasteiger partial charge is 0.264 e. The van der Waals surface area contributed by atoms with Crippen LogP contribution in [-0.4, -0.2) is 41.6 Å². The lowest BCUT2D eigenvalue weighted by Gasteiger charge is -2.23. The number of methoxy groups -OCH3 is 2. The van der Waals surface area contributed by atoms with Crippen molar-refractivity contribution in [1.82, 2.24) is 5.32 Å². The molecule has 3 atom stereocenters. The third kappa shape index (κ3) is 4.08. The third-order valence-electron chi connectivity index (χ3n) is 6.56. The molecule has 2 bridgehead atoms. The minimum absolute atomic E-state index is 0.0887. The zero-order valence-electron chi connectivity index (χ0n) is 18.0. The van der Waals surface area contributed by atoms with E-state index < -0.39 is 10.0 Å². The summed E-state index contributed by atoms with van der Waals surface area (Å²) in [6.45, 7) is 0. The molecular formula is C23H28N2O5S. The van der Waals surface area contributed by atoms with E-state index in [9.17, 15) is 13.2 Å². The maximum absolute atomic E-state index is 13.1. The van der Waals surface area contributed by atoms with Crippen LogP contribution in [-0.2, 0) is 10.0 Å². The minimum Gasteiger partial charge on any atom is -0.493 e. The summed E-state index contributed by atoms with van der Waals surface area (Å²) in [4.78, 5) is 12.7. The van der Waals surface area contributed by atoms with Gasteiger partial charge in [0.05, 0.1) is 24.8 Å². The monoisotopic (exact) mass is 444 g/mol. The van der Waals surface area contributed by atoms with Gasteiger partial charge in [0.1, 0.15) is 0 Å². The van der Waals surface area contributed by atoms with Gasteiger partial charge in [-0.05, 0) is 67.5 Å². The van der Waals surface area contributed by atoms with Crippen LogP contribution in [0.15, 0.2) is 47.4 Å². The average Bonchev–Trinajstić information content (AvgIpc) is 3.41. The van der Waals surface area contributed by atoms with Crippen LogP contribution in [0.25, 0.3) is 0 Å². The van der Waals surface area contributed by atoms with Crippen LogP contribution >= 0.6 is 0 Å². The van der Waals surface area contributed by atoms with Crippen LogP contribution in [0.5, 0.6) is 11.5 Å². The van der Waals surface area contributed by atoms with E-state index in [2.05, 4.69) is 5.32 Å². The van der Waals surface area contributed by atoms with Crippen LogP contribution in [0.3, 0.4) is 0 Å². The van der Waals surface area contributed by atoms with Crippen molar-refractivity contribution in [3.05, 3.63) is 48.0 Å². The molecule has 2 aliphatic rings. The average molecular weight is 445 g/mol. The highest BCUT2D eigenvalue weighted by Gasteiger charge is 2.40. The van der Waals surface area contributed by atoms with Crippen molar-refractivity contribution >= 4 is 21.6 Å². The molecule has 1 amide bonds. The number of ether oxygens (including phenoxy) is 2. The fraction of sp³-hybridized carbons (Fsp3) is 0.435. The molecule has 8 heteroatoms. The van der Waals surface area contributed by atoms with E-state index in [-0.39, 0.29) is 16.8 Å². The van der Waals surface area contributed by atoms with E-state index in [4.69, 9.17) is 9.47 Å². The van der Waals surface area contributed by atoms with Gasteiger partial charge in [0.2, 0.25) is 0 Å². The molecule has 0 spiro atoms. The highest BCUT2D eigenvalue weighted by molar-refractivity contribution is 7.92. The second kappa shape index (κ2) is 8.42. The Kier molecular flexibility index (Phi) is 5.83. The van der Waals surface area contributed by atoms with Gasteiger partial charge in [-0.3, -0.25) is 9.10 Å². The van der Waals surface area contributed by atoms with Crippen LogP contribution in [0.1, 0.15) is 36.0 Å². The maximum atomic E-state index is 13.1. The zero-order chi connectivity index (χ0) is 22.2. The lowest BCUT2D eigenvalue weighted by molar-refractivity contribution is 0.0923. The summed E-state index contributed by atoms with van der Waals surface area (Å²) >= 11 is 0. The van der Waals surface area contributed by atoms with Gasteiger partial charge in [0, 0.05) is 24.7 Å². The Bertz CT molecular complexity index is 1070. The molecule has 2 aromatic carbocycles. The summed E-state index contributed by atoms with van der Waals surface area (Å²) in [7, 11) is 0.623. The standard InChI is InChI=1S/C23H28N2O5S/c1-25(31(27,28)19-10-11-21(29-2)22(14-19)30-3)18-8-6-16(7-9-18)23(26)24-20-13-15-4-5-17(20)12-15/h6-11,14-15,17,20H,4-5,12-13H2,1-3H3,(H,24,26)/t15-,17-,20+/m0/s1. The first-order valence-electron chi connectivity index (χ1n) is 10.5. The topological polar surface area (TPSA) is 84.9 Å². The number of sulfonamides is 1. The molecule has 2 aromatic rings. The number of carbonyl (C=O) groups excluding carboxylic acids is 1. The summed E-state index contributed by atoms with van der Waals surface area (Å²) in [6.07, 6.45) is 4.78. The van der Waals surface area contributed by atoms with Gasteiger partial charge in [0.25, 0.3) is 15.9 Å². The fourth-order valence-corrected chi connectivity index (χ4v) is 5.98. The summed E-state index contributed by atoms with van der Waals surface area (Å²) in [5, 5.41) is 3.16. The number of hydrogen-bond donors (Lipinski definition) is 1. The zero-order valence-corrected chi connectivity index (χ0v) is 18.8. The molecule has 0 unspecified atom stereocenters. The number of fused-ring (bicyclic) bond motifs is 2. The Morgan fingerprint density at radius 2 is 1.71 bits per heavy atom. The first kappa shape index (κ1) is 21.5. The van der Waals surface area contributed by atoms with Gasteiger partial charge in [-0.1, -0.05) is 6.42 Å². The van der Waals surface area contributed by atoms with Crippen molar-refractivity contribution in [3.8, 4) is 11.5 Å². The molecule has 4 rings (SSSR count). The van der Waals surface area contributed by atoms with Gasteiger partial charge >= 0.3 is 0 Å². The molecule has 2 fully saturated rings. The SMILES string of the molecule is COc1ccc(S(=O)(=O)N(C)c2ccc(C(=O)N[C@@H]3C[C@H]4CC[C@H]3C4)cc2)cc1OC. The summed E-state index contributed by atoms with van der Waals surface area (Å²) in [5.74, 6) is 2.05. The molecule has 31 heavy (non-hydrogen) atoms. The molecule has 0 aliphatic heterocycles. The molecule has 0 radical (unpaired) electrons. The lowest BCUT2D eigenvalue weighted by Crippen LogP contribution is -2.38. The normalized spacial score (nSPS) is 22.2. The van der Waals surface area contributed by atoms with Crippen molar-refractivity contribution in [2.45, 2.75) is 36.6 Å². The van der Waals surface area contributed by atoms with Crippen LogP contribution < -0.4 is 19.1 Å². The van der Waals surface area contributed by atoms with Crippen molar-refractivity contribution in [1.29, 1.82) is 0 Å². The Hall–Kier alpha value is -2.74. The Morgan fingerprint density at radius 3 is 2.29 bits per heavy atom. The van der Waals surface area contributed by atoms with E-state index in [1.807, 2.05) is 0 Å². The maximum Gasteiger partial charge on any atom is 0.264 e. The van der Waals surface area contributed by atoms with Crippen LogP contribution in [0, 0.1) is 11.8 Å². The van der Waals surface area contributed by atoms with Crippen LogP contribution in [0.4, 0.5) is 5.69 Å². The summed E-state index contributed by atoms with van der Waals surface area (Å²) in [6, 6.07) is 11.4. The number of nitrogens with one attached hydrogen (secondary N) is 1. The Labute approximate surface area is 183 Å². The highest BCUT2D eigenvalue weighted by Crippen LogP contribution is 2.44. The van der Waals surface area contributed by atoms with Crippen molar-refractivity contribution in [2.75, 3.05) is 25.6 Å². The Morgan fingerprint density at radius 1 is 1.00 bits per heavy atom. The molecule has 2 saturated carbocycles. The first-order valence-corrected chi connectivity index (χ1v) is 11.9. The second-order valence-electron chi connectivity index (χ2n) is 8.29. The number of amides is 1. The molecule has 2 aliphatic carbocycles. The van der Waals surface area contributed by atoms with Crippen molar-refractivity contribution in [3.63, 3.8) is 0 Å². The largest absolute Gasteiger partial charge is 0.493 e. The molecule has 0 heterocycles. The number of anilines is 1.